The maximum Gasteiger partial charge on any atom is 0.246 e. The summed E-state index contributed by atoms with van der Waals surface area (Å²) in [6.45, 7) is 2.58. The fourth-order valence-corrected chi connectivity index (χ4v) is 2.33. The maximum atomic E-state index is 12.7. The van der Waals surface area contributed by atoms with Gasteiger partial charge in [0.25, 0.3) is 0 Å². The average molecular weight is 262 g/mol. The van der Waals surface area contributed by atoms with E-state index in [1.807, 2.05) is 11.9 Å². The van der Waals surface area contributed by atoms with Crippen LogP contribution in [-0.4, -0.2) is 37.5 Å². The smallest absolute Gasteiger partial charge is 0.246 e. The Hall–Kier alpha value is -1.68. The van der Waals surface area contributed by atoms with Crippen molar-refractivity contribution in [3.05, 3.63) is 41.7 Å². The maximum absolute atomic E-state index is 12.7. The summed E-state index contributed by atoms with van der Waals surface area (Å²) < 4.78 is 12.7. The minimum atomic E-state index is -0.266. The Labute approximate surface area is 113 Å². The molecule has 19 heavy (non-hydrogen) atoms. The van der Waals surface area contributed by atoms with Gasteiger partial charge < -0.3 is 10.2 Å². The molecule has 0 radical (unpaired) electrons. The fraction of sp³-hybridized carbons (Fsp3) is 0.400. The number of carbonyl (C=O) groups is 1. The van der Waals surface area contributed by atoms with Gasteiger partial charge in [0.2, 0.25) is 5.91 Å². The van der Waals surface area contributed by atoms with E-state index in [-0.39, 0.29) is 11.7 Å². The topological polar surface area (TPSA) is 32.3 Å². The summed E-state index contributed by atoms with van der Waals surface area (Å²) >= 11 is 0. The Morgan fingerprint density at radius 3 is 2.89 bits per heavy atom. The quantitative estimate of drug-likeness (QED) is 0.841. The lowest BCUT2D eigenvalue weighted by molar-refractivity contribution is -0.125. The highest BCUT2D eigenvalue weighted by molar-refractivity contribution is 5.91. The van der Waals surface area contributed by atoms with Crippen LogP contribution in [0.1, 0.15) is 12.0 Å². The van der Waals surface area contributed by atoms with E-state index >= 15 is 0 Å². The minimum Gasteiger partial charge on any atom is -0.339 e. The number of halogens is 1. The van der Waals surface area contributed by atoms with Gasteiger partial charge in [-0.1, -0.05) is 12.1 Å². The van der Waals surface area contributed by atoms with Crippen LogP contribution in [0.5, 0.6) is 0 Å². The summed E-state index contributed by atoms with van der Waals surface area (Å²) in [7, 11) is 1.93. The summed E-state index contributed by atoms with van der Waals surface area (Å²) in [6, 6.07) is 6.10. The number of amides is 1. The van der Waals surface area contributed by atoms with Gasteiger partial charge in [0, 0.05) is 19.2 Å². The number of nitrogens with zero attached hydrogens (tertiary/aromatic N) is 1. The van der Waals surface area contributed by atoms with E-state index in [9.17, 15) is 9.18 Å². The highest BCUT2D eigenvalue weighted by atomic mass is 19.1. The number of likely N-dealkylation sites (tertiary alicyclic amines) is 1. The second-order valence-electron chi connectivity index (χ2n) is 4.88. The van der Waals surface area contributed by atoms with Crippen LogP contribution in [0.15, 0.2) is 30.3 Å². The van der Waals surface area contributed by atoms with Gasteiger partial charge in [0.1, 0.15) is 5.82 Å². The third kappa shape index (κ3) is 3.89. The molecule has 1 N–H and O–H groups in total. The lowest BCUT2D eigenvalue weighted by Gasteiger charge is -2.14. The van der Waals surface area contributed by atoms with Crippen LogP contribution in [-0.2, 0) is 4.79 Å². The number of carbonyl (C=O) groups excluding carboxylic acids is 1. The lowest BCUT2D eigenvalue weighted by atomic mass is 10.1. The molecule has 1 saturated heterocycles. The standard InChI is InChI=1S/C15H19FN2O/c1-17-10-13-8-9-18(11-13)15(19)7-4-12-2-5-14(16)6-3-12/h2-7,13,17H,8-11H2,1H3/b7-4+/t13-/m1/s1. The Balaban J connectivity index is 1.89. The molecule has 1 aromatic rings. The first kappa shape index (κ1) is 13.7. The predicted octanol–water partition coefficient (Wildman–Crippen LogP) is 1.91. The second kappa shape index (κ2) is 6.48. The first-order chi connectivity index (χ1) is 9.19. The summed E-state index contributed by atoms with van der Waals surface area (Å²) in [4.78, 5) is 13.8. The van der Waals surface area contributed by atoms with E-state index < -0.39 is 0 Å². The second-order valence-corrected chi connectivity index (χ2v) is 4.88. The Kier molecular flexibility index (Phi) is 4.68. The van der Waals surface area contributed by atoms with Crippen molar-refractivity contribution < 1.29 is 9.18 Å². The van der Waals surface area contributed by atoms with Gasteiger partial charge in [-0.25, -0.2) is 4.39 Å². The molecule has 1 fully saturated rings. The molecular weight excluding hydrogens is 243 g/mol. The van der Waals surface area contributed by atoms with Crippen LogP contribution in [0.3, 0.4) is 0 Å². The zero-order valence-corrected chi connectivity index (χ0v) is 11.1. The molecule has 0 unspecified atom stereocenters. The molecule has 102 valence electrons. The van der Waals surface area contributed by atoms with Crippen molar-refractivity contribution in [3.8, 4) is 0 Å². The van der Waals surface area contributed by atoms with Crippen molar-refractivity contribution in [2.45, 2.75) is 6.42 Å². The predicted molar refractivity (Wildman–Crippen MR) is 74.0 cm³/mol. The summed E-state index contributed by atoms with van der Waals surface area (Å²) in [5.74, 6) is 0.314. The molecule has 0 spiro atoms. The first-order valence-corrected chi connectivity index (χ1v) is 6.56. The first-order valence-electron chi connectivity index (χ1n) is 6.56. The summed E-state index contributed by atoms with van der Waals surface area (Å²) in [5.41, 5.74) is 0.834. The van der Waals surface area contributed by atoms with Crippen LogP contribution < -0.4 is 5.32 Å². The molecular formula is C15H19FN2O. The molecule has 4 heteroatoms. The average Bonchev–Trinajstić information content (AvgIpc) is 2.87. The van der Waals surface area contributed by atoms with Crippen molar-refractivity contribution in [2.75, 3.05) is 26.7 Å². The van der Waals surface area contributed by atoms with Crippen molar-refractivity contribution >= 4 is 12.0 Å². The molecule has 3 nitrogen and oxygen atoms in total. The molecule has 0 aromatic heterocycles. The van der Waals surface area contributed by atoms with Gasteiger partial charge in [-0.2, -0.15) is 0 Å². The van der Waals surface area contributed by atoms with E-state index in [1.54, 1.807) is 24.3 Å². The zero-order chi connectivity index (χ0) is 13.7. The van der Waals surface area contributed by atoms with Crippen molar-refractivity contribution in [1.29, 1.82) is 0 Å². The Morgan fingerprint density at radius 1 is 1.47 bits per heavy atom. The SMILES string of the molecule is CNC[C@H]1CCN(C(=O)/C=C/c2ccc(F)cc2)C1. The lowest BCUT2D eigenvalue weighted by Crippen LogP contribution is -2.28. The van der Waals surface area contributed by atoms with E-state index in [2.05, 4.69) is 5.32 Å². The highest BCUT2D eigenvalue weighted by Gasteiger charge is 2.24. The molecule has 1 atom stereocenters. The van der Waals surface area contributed by atoms with Gasteiger partial charge in [-0.3, -0.25) is 4.79 Å². The fourth-order valence-electron chi connectivity index (χ4n) is 2.33. The highest BCUT2D eigenvalue weighted by Crippen LogP contribution is 2.16. The zero-order valence-electron chi connectivity index (χ0n) is 11.1. The van der Waals surface area contributed by atoms with Crippen LogP contribution in [0.25, 0.3) is 6.08 Å². The monoisotopic (exact) mass is 262 g/mol. The molecule has 1 heterocycles. The van der Waals surface area contributed by atoms with Crippen LogP contribution in [0.2, 0.25) is 0 Å². The Bertz CT molecular complexity index is 456. The number of hydrogen-bond acceptors (Lipinski definition) is 2. The molecule has 1 aliphatic rings. The number of benzene rings is 1. The van der Waals surface area contributed by atoms with E-state index in [0.717, 1.165) is 31.6 Å². The third-order valence-electron chi connectivity index (χ3n) is 3.38. The van der Waals surface area contributed by atoms with E-state index in [4.69, 9.17) is 0 Å². The molecule has 0 aliphatic carbocycles. The van der Waals surface area contributed by atoms with Gasteiger partial charge in [-0.15, -0.1) is 0 Å². The molecule has 1 amide bonds. The largest absolute Gasteiger partial charge is 0.339 e. The van der Waals surface area contributed by atoms with Crippen LogP contribution in [0, 0.1) is 11.7 Å². The number of rotatable bonds is 4. The van der Waals surface area contributed by atoms with Gasteiger partial charge >= 0.3 is 0 Å². The molecule has 1 aliphatic heterocycles. The normalized spacial score (nSPS) is 19.3. The van der Waals surface area contributed by atoms with Crippen molar-refractivity contribution in [3.63, 3.8) is 0 Å². The number of nitrogens with one attached hydrogen (secondary N) is 1. The molecule has 2 rings (SSSR count). The van der Waals surface area contributed by atoms with Crippen LogP contribution in [0.4, 0.5) is 4.39 Å². The minimum absolute atomic E-state index is 0.0305. The van der Waals surface area contributed by atoms with E-state index in [0.29, 0.717) is 5.92 Å². The third-order valence-corrected chi connectivity index (χ3v) is 3.38. The summed E-state index contributed by atoms with van der Waals surface area (Å²) in [6.07, 6.45) is 4.35. The van der Waals surface area contributed by atoms with Crippen LogP contribution >= 0.6 is 0 Å². The number of hydrogen-bond donors (Lipinski definition) is 1. The van der Waals surface area contributed by atoms with Gasteiger partial charge in [0.15, 0.2) is 0 Å². The Morgan fingerprint density at radius 2 is 2.21 bits per heavy atom. The summed E-state index contributed by atoms with van der Waals surface area (Å²) in [5, 5.41) is 3.14. The van der Waals surface area contributed by atoms with Gasteiger partial charge in [0.05, 0.1) is 0 Å². The van der Waals surface area contributed by atoms with Gasteiger partial charge in [-0.05, 0) is 49.7 Å². The molecule has 0 bridgehead atoms. The molecule has 0 saturated carbocycles. The van der Waals surface area contributed by atoms with Crippen molar-refractivity contribution in [1.82, 2.24) is 10.2 Å². The van der Waals surface area contributed by atoms with Crippen molar-refractivity contribution in [2.24, 2.45) is 5.92 Å². The molecule has 1 aromatic carbocycles. The van der Waals surface area contributed by atoms with E-state index in [1.165, 1.54) is 12.1 Å².